The summed E-state index contributed by atoms with van der Waals surface area (Å²) in [4.78, 5) is 25.0. The van der Waals surface area contributed by atoms with E-state index in [9.17, 15) is 26.7 Å². The Balaban J connectivity index is 1.60. The number of halogens is 5. The number of nitrogens with one attached hydrogen (secondary N) is 1. The van der Waals surface area contributed by atoms with E-state index in [1.807, 2.05) is 0 Å². The van der Waals surface area contributed by atoms with Crippen molar-refractivity contribution < 1.29 is 31.2 Å². The van der Waals surface area contributed by atoms with Gasteiger partial charge in [-0.15, -0.1) is 0 Å². The molecule has 8 nitrogen and oxygen atoms in total. The SMILES string of the molecule is O=C(c1ocnc1C(F)F)N1CCc2[nH]cnc2[C@H]1c1cc2ccc(C(F)(F)F)cn2n1. The van der Waals surface area contributed by atoms with E-state index >= 15 is 0 Å². The number of nitrogens with zero attached hydrogens (tertiary/aromatic N) is 5. The number of fused-ring (bicyclic) bond motifs is 2. The van der Waals surface area contributed by atoms with Crippen LogP contribution < -0.4 is 0 Å². The normalized spacial score (nSPS) is 16.7. The van der Waals surface area contributed by atoms with E-state index in [2.05, 4.69) is 20.1 Å². The third-order valence-electron chi connectivity index (χ3n) is 5.27. The highest BCUT2D eigenvalue weighted by Crippen LogP contribution is 2.36. The average molecular weight is 452 g/mol. The first-order valence-electron chi connectivity index (χ1n) is 9.35. The summed E-state index contributed by atoms with van der Waals surface area (Å²) in [5, 5.41) is 4.24. The monoisotopic (exact) mass is 452 g/mol. The summed E-state index contributed by atoms with van der Waals surface area (Å²) in [6.45, 7) is 0.115. The Labute approximate surface area is 175 Å². The van der Waals surface area contributed by atoms with Gasteiger partial charge in [-0.3, -0.25) is 4.79 Å². The lowest BCUT2D eigenvalue weighted by atomic mass is 9.99. The molecule has 4 aromatic heterocycles. The minimum absolute atomic E-state index is 0.115. The van der Waals surface area contributed by atoms with Crippen molar-refractivity contribution in [3.63, 3.8) is 0 Å². The van der Waals surface area contributed by atoms with Gasteiger partial charge in [0.1, 0.15) is 6.04 Å². The number of aromatic amines is 1. The molecule has 0 aliphatic carbocycles. The molecule has 1 aliphatic rings. The van der Waals surface area contributed by atoms with Crippen molar-refractivity contribution in [2.24, 2.45) is 0 Å². The van der Waals surface area contributed by atoms with E-state index in [4.69, 9.17) is 4.42 Å². The van der Waals surface area contributed by atoms with Gasteiger partial charge in [0.2, 0.25) is 5.76 Å². The van der Waals surface area contributed by atoms with Crippen LogP contribution in [0.2, 0.25) is 0 Å². The molecule has 0 fully saturated rings. The number of hydrogen-bond donors (Lipinski definition) is 1. The van der Waals surface area contributed by atoms with Gasteiger partial charge in [-0.05, 0) is 18.2 Å². The van der Waals surface area contributed by atoms with Crippen molar-refractivity contribution in [2.75, 3.05) is 6.54 Å². The van der Waals surface area contributed by atoms with Gasteiger partial charge in [0.25, 0.3) is 12.3 Å². The maximum absolute atomic E-state index is 13.3. The summed E-state index contributed by atoms with van der Waals surface area (Å²) in [5.41, 5.74) is 0.0343. The first kappa shape index (κ1) is 20.2. The van der Waals surface area contributed by atoms with E-state index in [-0.39, 0.29) is 12.2 Å². The highest BCUT2D eigenvalue weighted by Gasteiger charge is 2.39. The second-order valence-corrected chi connectivity index (χ2v) is 7.14. The first-order chi connectivity index (χ1) is 15.2. The van der Waals surface area contributed by atoms with E-state index in [0.29, 0.717) is 23.3 Å². The molecule has 0 unspecified atom stereocenters. The number of carbonyl (C=O) groups is 1. The fraction of sp³-hybridized carbons (Fsp3) is 0.263. The number of oxazole rings is 1. The summed E-state index contributed by atoms with van der Waals surface area (Å²) >= 11 is 0. The second kappa shape index (κ2) is 7.14. The lowest BCUT2D eigenvalue weighted by molar-refractivity contribution is -0.137. The Morgan fingerprint density at radius 3 is 2.81 bits per heavy atom. The fourth-order valence-electron chi connectivity index (χ4n) is 3.80. The number of rotatable bonds is 3. The summed E-state index contributed by atoms with van der Waals surface area (Å²) in [7, 11) is 0. The lowest BCUT2D eigenvalue weighted by Gasteiger charge is -2.33. The summed E-state index contributed by atoms with van der Waals surface area (Å²) < 4.78 is 71.7. The van der Waals surface area contributed by atoms with Crippen LogP contribution in [0.25, 0.3) is 5.52 Å². The fourth-order valence-corrected chi connectivity index (χ4v) is 3.80. The topological polar surface area (TPSA) is 92.3 Å². The molecular weight excluding hydrogens is 439 g/mol. The molecule has 0 bridgehead atoms. The third-order valence-corrected chi connectivity index (χ3v) is 5.27. The van der Waals surface area contributed by atoms with Crippen molar-refractivity contribution in [3.05, 3.63) is 71.2 Å². The third kappa shape index (κ3) is 3.20. The van der Waals surface area contributed by atoms with Gasteiger partial charge in [-0.2, -0.15) is 18.3 Å². The van der Waals surface area contributed by atoms with Crippen LogP contribution in [0, 0.1) is 0 Å². The lowest BCUT2D eigenvalue weighted by Crippen LogP contribution is -2.41. The van der Waals surface area contributed by atoms with Crippen LogP contribution in [0.3, 0.4) is 0 Å². The maximum atomic E-state index is 13.3. The number of hydrogen-bond acceptors (Lipinski definition) is 5. The molecular formula is C19H13F5N6O2. The maximum Gasteiger partial charge on any atom is 0.417 e. The molecule has 1 aliphatic heterocycles. The van der Waals surface area contributed by atoms with Crippen LogP contribution in [-0.4, -0.2) is 41.9 Å². The van der Waals surface area contributed by atoms with Gasteiger partial charge in [0, 0.05) is 24.9 Å². The molecule has 13 heteroatoms. The smallest absolute Gasteiger partial charge is 0.417 e. The number of imidazole rings is 1. The number of alkyl halides is 5. The molecule has 166 valence electrons. The van der Waals surface area contributed by atoms with Gasteiger partial charge in [0.05, 0.1) is 28.8 Å². The molecule has 32 heavy (non-hydrogen) atoms. The molecule has 0 spiro atoms. The highest BCUT2D eigenvalue weighted by molar-refractivity contribution is 5.93. The van der Waals surface area contributed by atoms with Crippen molar-refractivity contribution in [3.8, 4) is 0 Å². The number of carbonyl (C=O) groups excluding carboxylic acids is 1. The number of H-pyrrole nitrogens is 1. The molecule has 0 radical (unpaired) electrons. The van der Waals surface area contributed by atoms with Crippen LogP contribution in [0.15, 0.2) is 41.5 Å². The average Bonchev–Trinajstić information content (AvgIpc) is 3.49. The van der Waals surface area contributed by atoms with Gasteiger partial charge in [-0.1, -0.05) is 0 Å². The van der Waals surface area contributed by atoms with Crippen molar-refractivity contribution >= 4 is 11.4 Å². The Kier molecular flexibility index (Phi) is 4.50. The standard InChI is InChI=1S/C19H13F5N6O2/c20-17(21)14-16(32-8-27-14)18(31)29-4-3-11-13(26-7-25-11)15(29)12-5-10-2-1-9(19(22,23)24)6-30(10)28-12/h1-2,5-8,15,17H,3-4H2,(H,25,26)/t15-/m1/s1. The van der Waals surface area contributed by atoms with Gasteiger partial charge < -0.3 is 14.3 Å². The summed E-state index contributed by atoms with van der Waals surface area (Å²) in [6, 6.07) is 2.77. The van der Waals surface area contributed by atoms with Gasteiger partial charge in [0.15, 0.2) is 12.1 Å². The van der Waals surface area contributed by atoms with Crippen molar-refractivity contribution in [2.45, 2.75) is 25.1 Å². The van der Waals surface area contributed by atoms with E-state index in [1.165, 1.54) is 23.4 Å². The summed E-state index contributed by atoms with van der Waals surface area (Å²) in [5.74, 6) is -1.45. The van der Waals surface area contributed by atoms with Crippen LogP contribution in [0.1, 0.15) is 51.4 Å². The zero-order valence-electron chi connectivity index (χ0n) is 16.0. The number of pyridine rings is 1. The van der Waals surface area contributed by atoms with Crippen molar-refractivity contribution in [1.82, 2.24) is 29.5 Å². The molecule has 1 N–H and O–H groups in total. The quantitative estimate of drug-likeness (QED) is 0.478. The second-order valence-electron chi connectivity index (χ2n) is 7.14. The predicted molar refractivity (Wildman–Crippen MR) is 96.8 cm³/mol. The molecule has 0 saturated carbocycles. The molecule has 0 saturated heterocycles. The summed E-state index contributed by atoms with van der Waals surface area (Å²) in [6.07, 6.45) is -4.20. The minimum Gasteiger partial charge on any atom is -0.438 e. The largest absolute Gasteiger partial charge is 0.438 e. The Morgan fingerprint density at radius 1 is 1.25 bits per heavy atom. The van der Waals surface area contributed by atoms with Gasteiger partial charge >= 0.3 is 6.18 Å². The highest BCUT2D eigenvalue weighted by atomic mass is 19.4. The molecule has 1 amide bonds. The molecule has 4 aromatic rings. The Bertz CT molecular complexity index is 1310. The molecule has 5 heterocycles. The Hall–Kier alpha value is -3.77. The Morgan fingerprint density at radius 2 is 2.06 bits per heavy atom. The van der Waals surface area contributed by atoms with Gasteiger partial charge in [-0.25, -0.2) is 23.3 Å². The van der Waals surface area contributed by atoms with Crippen molar-refractivity contribution in [1.29, 1.82) is 0 Å². The number of aromatic nitrogens is 5. The minimum atomic E-state index is -4.56. The van der Waals surface area contributed by atoms with Crippen LogP contribution >= 0.6 is 0 Å². The molecule has 1 atom stereocenters. The molecule has 0 aromatic carbocycles. The first-order valence-corrected chi connectivity index (χ1v) is 9.35. The zero-order valence-corrected chi connectivity index (χ0v) is 16.0. The van der Waals surface area contributed by atoms with Crippen LogP contribution in [0.4, 0.5) is 22.0 Å². The molecule has 5 rings (SSSR count). The zero-order chi connectivity index (χ0) is 22.6. The van der Waals surface area contributed by atoms with E-state index < -0.39 is 41.6 Å². The van der Waals surface area contributed by atoms with E-state index in [1.54, 1.807) is 0 Å². The van der Waals surface area contributed by atoms with Crippen LogP contribution in [0.5, 0.6) is 0 Å². The number of amides is 1. The predicted octanol–water partition coefficient (Wildman–Crippen LogP) is 3.79. The van der Waals surface area contributed by atoms with E-state index in [0.717, 1.165) is 23.2 Å². The van der Waals surface area contributed by atoms with Crippen LogP contribution in [-0.2, 0) is 12.6 Å².